The minimum absolute atomic E-state index is 0.401. The Hall–Kier alpha value is -2.18. The molecule has 0 aliphatic carbocycles. The first kappa shape index (κ1) is 14.2. The molecule has 0 amide bonds. The van der Waals surface area contributed by atoms with Crippen LogP contribution in [0.5, 0.6) is 0 Å². The maximum absolute atomic E-state index is 9.30. The maximum atomic E-state index is 9.30. The summed E-state index contributed by atoms with van der Waals surface area (Å²) in [6.45, 7) is 5.61. The van der Waals surface area contributed by atoms with Crippen LogP contribution >= 0.6 is 11.6 Å². The molecular weight excluding hydrogens is 270 g/mol. The van der Waals surface area contributed by atoms with Crippen molar-refractivity contribution < 1.29 is 0 Å². The summed E-state index contributed by atoms with van der Waals surface area (Å²) in [5.41, 5.74) is 4.63. The van der Waals surface area contributed by atoms with Gasteiger partial charge in [0.25, 0.3) is 0 Å². The molecule has 2 heterocycles. The van der Waals surface area contributed by atoms with E-state index in [0.717, 1.165) is 28.2 Å². The second kappa shape index (κ2) is 5.85. The SMILES string of the molecule is C/C=C(/C#N)c1c(-c2cccc(C)n2)cc(Cl)nc1C. The number of aryl methyl sites for hydroxylation is 2. The molecule has 100 valence electrons. The second-order valence-corrected chi connectivity index (χ2v) is 4.82. The lowest BCUT2D eigenvalue weighted by Gasteiger charge is -2.12. The highest BCUT2D eigenvalue weighted by atomic mass is 35.5. The number of allylic oxidation sites excluding steroid dienone is 2. The summed E-state index contributed by atoms with van der Waals surface area (Å²) >= 11 is 6.06. The van der Waals surface area contributed by atoms with Gasteiger partial charge in [-0.25, -0.2) is 4.98 Å². The van der Waals surface area contributed by atoms with E-state index in [1.54, 1.807) is 12.1 Å². The normalized spacial score (nSPS) is 11.2. The molecule has 0 saturated heterocycles. The Morgan fingerprint density at radius 1 is 1.30 bits per heavy atom. The molecule has 0 unspecified atom stereocenters. The zero-order chi connectivity index (χ0) is 14.7. The number of hydrogen-bond donors (Lipinski definition) is 0. The lowest BCUT2D eigenvalue weighted by atomic mass is 9.97. The molecule has 0 saturated carbocycles. The molecule has 2 aromatic rings. The molecule has 0 atom stereocenters. The van der Waals surface area contributed by atoms with Crippen molar-refractivity contribution in [3.05, 3.63) is 52.4 Å². The number of nitriles is 1. The van der Waals surface area contributed by atoms with Gasteiger partial charge in [0, 0.05) is 22.5 Å². The van der Waals surface area contributed by atoms with Crippen LogP contribution in [0.15, 0.2) is 30.3 Å². The van der Waals surface area contributed by atoms with E-state index in [2.05, 4.69) is 16.0 Å². The highest BCUT2D eigenvalue weighted by Gasteiger charge is 2.15. The van der Waals surface area contributed by atoms with Gasteiger partial charge in [-0.1, -0.05) is 23.7 Å². The Balaban J connectivity index is 2.78. The van der Waals surface area contributed by atoms with E-state index in [4.69, 9.17) is 11.6 Å². The first-order valence-electron chi connectivity index (χ1n) is 6.24. The predicted octanol–water partition coefficient (Wildman–Crippen LogP) is 4.34. The summed E-state index contributed by atoms with van der Waals surface area (Å²) in [6, 6.07) is 9.74. The molecule has 20 heavy (non-hydrogen) atoms. The van der Waals surface area contributed by atoms with Crippen LogP contribution in [-0.4, -0.2) is 9.97 Å². The Morgan fingerprint density at radius 3 is 2.65 bits per heavy atom. The zero-order valence-electron chi connectivity index (χ0n) is 11.6. The Labute approximate surface area is 123 Å². The second-order valence-electron chi connectivity index (χ2n) is 4.43. The minimum atomic E-state index is 0.401. The van der Waals surface area contributed by atoms with E-state index in [9.17, 15) is 5.26 Å². The van der Waals surface area contributed by atoms with Crippen molar-refractivity contribution in [2.75, 3.05) is 0 Å². The number of pyridine rings is 2. The van der Waals surface area contributed by atoms with Crippen LogP contribution in [0.1, 0.15) is 23.9 Å². The van der Waals surface area contributed by atoms with Gasteiger partial charge < -0.3 is 0 Å². The highest BCUT2D eigenvalue weighted by molar-refractivity contribution is 6.29. The molecule has 2 aromatic heterocycles. The summed E-state index contributed by atoms with van der Waals surface area (Å²) in [4.78, 5) is 8.76. The van der Waals surface area contributed by atoms with Crippen molar-refractivity contribution in [2.24, 2.45) is 0 Å². The monoisotopic (exact) mass is 283 g/mol. The predicted molar refractivity (Wildman–Crippen MR) is 81.2 cm³/mol. The number of aromatic nitrogens is 2. The largest absolute Gasteiger partial charge is 0.253 e. The summed E-state index contributed by atoms with van der Waals surface area (Å²) in [7, 11) is 0. The third kappa shape index (κ3) is 2.71. The smallest absolute Gasteiger partial charge is 0.130 e. The molecule has 0 fully saturated rings. The average molecular weight is 284 g/mol. The summed E-state index contributed by atoms with van der Waals surface area (Å²) in [6.07, 6.45) is 1.78. The molecule has 0 radical (unpaired) electrons. The summed E-state index contributed by atoms with van der Waals surface area (Å²) in [5, 5.41) is 9.70. The fourth-order valence-corrected chi connectivity index (χ4v) is 2.37. The Kier molecular flexibility index (Phi) is 4.16. The van der Waals surface area contributed by atoms with Crippen LogP contribution in [0.25, 0.3) is 16.8 Å². The topological polar surface area (TPSA) is 49.6 Å². The van der Waals surface area contributed by atoms with Crippen LogP contribution < -0.4 is 0 Å². The van der Waals surface area contributed by atoms with E-state index in [1.165, 1.54) is 0 Å². The minimum Gasteiger partial charge on any atom is -0.253 e. The molecular formula is C16H14ClN3. The zero-order valence-corrected chi connectivity index (χ0v) is 12.4. The highest BCUT2D eigenvalue weighted by Crippen LogP contribution is 2.31. The van der Waals surface area contributed by atoms with E-state index < -0.39 is 0 Å². The molecule has 0 aromatic carbocycles. The van der Waals surface area contributed by atoms with Crippen LogP contribution in [0.4, 0.5) is 0 Å². The molecule has 0 bridgehead atoms. The van der Waals surface area contributed by atoms with Crippen molar-refractivity contribution in [3.63, 3.8) is 0 Å². The van der Waals surface area contributed by atoms with E-state index in [1.807, 2.05) is 39.0 Å². The maximum Gasteiger partial charge on any atom is 0.130 e. The van der Waals surface area contributed by atoms with Gasteiger partial charge in [0.05, 0.1) is 17.3 Å². The van der Waals surface area contributed by atoms with E-state index in [-0.39, 0.29) is 0 Å². The summed E-state index contributed by atoms with van der Waals surface area (Å²) in [5.74, 6) is 0. The van der Waals surface area contributed by atoms with E-state index in [0.29, 0.717) is 10.7 Å². The Bertz CT molecular complexity index is 727. The quantitative estimate of drug-likeness (QED) is 0.608. The van der Waals surface area contributed by atoms with Crippen LogP contribution in [0, 0.1) is 25.2 Å². The third-order valence-electron chi connectivity index (χ3n) is 3.01. The molecule has 4 heteroatoms. The van der Waals surface area contributed by atoms with Gasteiger partial charge in [-0.3, -0.25) is 4.98 Å². The fourth-order valence-electron chi connectivity index (χ4n) is 2.13. The van der Waals surface area contributed by atoms with Crippen molar-refractivity contribution in [2.45, 2.75) is 20.8 Å². The lowest BCUT2D eigenvalue weighted by Crippen LogP contribution is -1.98. The van der Waals surface area contributed by atoms with Gasteiger partial charge >= 0.3 is 0 Å². The first-order chi connectivity index (χ1) is 9.56. The molecule has 0 spiro atoms. The lowest BCUT2D eigenvalue weighted by molar-refractivity contribution is 1.16. The summed E-state index contributed by atoms with van der Waals surface area (Å²) < 4.78 is 0. The van der Waals surface area contributed by atoms with Crippen LogP contribution in [0.2, 0.25) is 5.15 Å². The van der Waals surface area contributed by atoms with Gasteiger partial charge in [-0.05, 0) is 39.0 Å². The molecule has 0 aliphatic rings. The third-order valence-corrected chi connectivity index (χ3v) is 3.21. The average Bonchev–Trinajstić information content (AvgIpc) is 2.41. The Morgan fingerprint density at radius 2 is 2.05 bits per heavy atom. The number of rotatable bonds is 2. The molecule has 2 rings (SSSR count). The number of halogens is 1. The van der Waals surface area contributed by atoms with Crippen molar-refractivity contribution in [1.82, 2.24) is 9.97 Å². The van der Waals surface area contributed by atoms with Gasteiger partial charge in [0.1, 0.15) is 5.15 Å². The van der Waals surface area contributed by atoms with E-state index >= 15 is 0 Å². The van der Waals surface area contributed by atoms with Crippen molar-refractivity contribution in [3.8, 4) is 17.3 Å². The van der Waals surface area contributed by atoms with Gasteiger partial charge in [0.2, 0.25) is 0 Å². The van der Waals surface area contributed by atoms with Gasteiger partial charge in [-0.15, -0.1) is 0 Å². The molecule has 3 nitrogen and oxygen atoms in total. The molecule has 0 N–H and O–H groups in total. The van der Waals surface area contributed by atoms with Crippen molar-refractivity contribution in [1.29, 1.82) is 5.26 Å². The van der Waals surface area contributed by atoms with Crippen molar-refractivity contribution >= 4 is 17.2 Å². The fraction of sp³-hybridized carbons (Fsp3) is 0.188. The van der Waals surface area contributed by atoms with Gasteiger partial charge in [0.15, 0.2) is 0 Å². The van der Waals surface area contributed by atoms with Gasteiger partial charge in [-0.2, -0.15) is 5.26 Å². The van der Waals surface area contributed by atoms with Crippen LogP contribution in [0.3, 0.4) is 0 Å². The first-order valence-corrected chi connectivity index (χ1v) is 6.62. The number of hydrogen-bond acceptors (Lipinski definition) is 3. The number of nitrogens with zero attached hydrogens (tertiary/aromatic N) is 3. The van der Waals surface area contributed by atoms with Crippen LogP contribution in [-0.2, 0) is 0 Å². The molecule has 0 aliphatic heterocycles. The standard InChI is InChI=1S/C16H14ClN3/c1-4-12(9-18)16-11(3)20-15(17)8-13(16)14-7-5-6-10(2)19-14/h4-8H,1-3H3/b12-4-.